The van der Waals surface area contributed by atoms with Gasteiger partial charge in [0, 0.05) is 24.3 Å². The lowest BCUT2D eigenvalue weighted by molar-refractivity contribution is -0.140. The van der Waals surface area contributed by atoms with Gasteiger partial charge >= 0.3 is 12.0 Å². The van der Waals surface area contributed by atoms with Crippen LogP contribution in [0.15, 0.2) is 48.5 Å². The van der Waals surface area contributed by atoms with Gasteiger partial charge in [-0.1, -0.05) is 24.3 Å². The van der Waals surface area contributed by atoms with E-state index in [0.29, 0.717) is 16.8 Å². The van der Waals surface area contributed by atoms with Gasteiger partial charge in [0.1, 0.15) is 0 Å². The molecule has 0 fully saturated rings. The lowest BCUT2D eigenvalue weighted by Crippen LogP contribution is -2.28. The molecule has 3 amide bonds. The molecule has 0 aliphatic heterocycles. The minimum absolute atomic E-state index is 0.0832. The molecule has 0 unspecified atom stereocenters. The highest BCUT2D eigenvalue weighted by Crippen LogP contribution is 2.10. The Bertz CT molecular complexity index is 1040. The van der Waals surface area contributed by atoms with Crippen molar-refractivity contribution in [2.45, 2.75) is 18.7 Å². The van der Waals surface area contributed by atoms with Crippen molar-refractivity contribution < 1.29 is 27.5 Å². The molecule has 0 atom stereocenters. The summed E-state index contributed by atoms with van der Waals surface area (Å²) in [6, 6.07) is 12.7. The molecule has 10 nitrogen and oxygen atoms in total. The zero-order valence-electron chi connectivity index (χ0n) is 17.8. The lowest BCUT2D eigenvalue weighted by Gasteiger charge is -2.09. The highest BCUT2D eigenvalue weighted by atomic mass is 32.2. The first-order valence-corrected chi connectivity index (χ1v) is 11.4. The molecule has 4 N–H and O–H groups in total. The molecule has 172 valence electrons. The van der Waals surface area contributed by atoms with Gasteiger partial charge in [-0.3, -0.25) is 9.59 Å². The van der Waals surface area contributed by atoms with Crippen LogP contribution in [0.3, 0.4) is 0 Å². The van der Waals surface area contributed by atoms with E-state index in [2.05, 4.69) is 25.4 Å². The average Bonchev–Trinajstić information content (AvgIpc) is 2.78. The van der Waals surface area contributed by atoms with Gasteiger partial charge in [-0.2, -0.15) is 0 Å². The molecule has 0 bridgehead atoms. The summed E-state index contributed by atoms with van der Waals surface area (Å²) in [4.78, 5) is 35.2. The zero-order valence-corrected chi connectivity index (χ0v) is 18.6. The molecule has 2 aromatic carbocycles. The average molecular weight is 463 g/mol. The number of sulfonamides is 1. The highest BCUT2D eigenvalue weighted by molar-refractivity contribution is 7.88. The van der Waals surface area contributed by atoms with Crippen LogP contribution in [0, 0.1) is 0 Å². The number of esters is 1. The Morgan fingerprint density at radius 1 is 0.906 bits per heavy atom. The molecule has 0 aromatic heterocycles. The van der Waals surface area contributed by atoms with Crippen molar-refractivity contribution in [2.24, 2.45) is 0 Å². The maximum atomic E-state index is 12.1. The Morgan fingerprint density at radius 3 is 2.12 bits per heavy atom. The number of rotatable bonds is 10. The number of carbonyl (C=O) groups is 3. The summed E-state index contributed by atoms with van der Waals surface area (Å²) in [5, 5.41) is 7.97. The Balaban J connectivity index is 1.79. The van der Waals surface area contributed by atoms with Crippen LogP contribution in [-0.2, 0) is 31.9 Å². The first kappa shape index (κ1) is 24.8. The maximum absolute atomic E-state index is 12.1. The molecule has 2 aromatic rings. The molecule has 0 aliphatic carbocycles. The Labute approximate surface area is 186 Å². The molecule has 0 saturated heterocycles. The van der Waals surface area contributed by atoms with Crippen molar-refractivity contribution in [3.8, 4) is 0 Å². The Hall–Kier alpha value is -3.44. The Kier molecular flexibility index (Phi) is 9.17. The van der Waals surface area contributed by atoms with Crippen molar-refractivity contribution >= 4 is 33.6 Å². The fourth-order valence-corrected chi connectivity index (χ4v) is 3.37. The molecule has 0 saturated carbocycles. The Morgan fingerprint density at radius 2 is 1.53 bits per heavy atom. The smallest absolute Gasteiger partial charge is 0.319 e. The SMILES string of the molecule is CNS(=O)(=O)Cc1ccc(CNC(=O)Nc2ccc(C(=O)NCCC(=O)OC)cc2)cc1. The van der Waals surface area contributed by atoms with Crippen molar-refractivity contribution in [1.29, 1.82) is 0 Å². The number of amides is 3. The number of nitrogens with one attached hydrogen (secondary N) is 4. The second-order valence-electron chi connectivity index (χ2n) is 6.75. The van der Waals surface area contributed by atoms with Gasteiger partial charge < -0.3 is 20.7 Å². The normalized spacial score (nSPS) is 10.8. The monoisotopic (exact) mass is 462 g/mol. The number of anilines is 1. The summed E-state index contributed by atoms with van der Waals surface area (Å²) in [5.41, 5.74) is 2.34. The van der Waals surface area contributed by atoms with Gasteiger partial charge in [-0.25, -0.2) is 17.9 Å². The van der Waals surface area contributed by atoms with E-state index in [1.807, 2.05) is 0 Å². The van der Waals surface area contributed by atoms with E-state index < -0.39 is 22.0 Å². The van der Waals surface area contributed by atoms with Crippen molar-refractivity contribution in [3.05, 3.63) is 65.2 Å². The fourth-order valence-electron chi connectivity index (χ4n) is 2.59. The van der Waals surface area contributed by atoms with Gasteiger partial charge in [-0.15, -0.1) is 0 Å². The van der Waals surface area contributed by atoms with E-state index in [-0.39, 0.29) is 31.2 Å². The lowest BCUT2D eigenvalue weighted by atomic mass is 10.1. The van der Waals surface area contributed by atoms with Crippen LogP contribution in [0.1, 0.15) is 27.9 Å². The quantitative estimate of drug-likeness (QED) is 0.393. The molecule has 2 rings (SSSR count). The molecular formula is C21H26N4O6S. The third-order valence-corrected chi connectivity index (χ3v) is 5.73. The number of hydrogen-bond donors (Lipinski definition) is 4. The van der Waals surface area contributed by atoms with Crippen LogP contribution >= 0.6 is 0 Å². The molecular weight excluding hydrogens is 436 g/mol. The summed E-state index contributed by atoms with van der Waals surface area (Å²) >= 11 is 0. The van der Waals surface area contributed by atoms with E-state index in [4.69, 9.17) is 0 Å². The van der Waals surface area contributed by atoms with Crippen LogP contribution in [0.25, 0.3) is 0 Å². The van der Waals surface area contributed by atoms with E-state index in [1.54, 1.807) is 48.5 Å². The molecule has 0 spiro atoms. The largest absolute Gasteiger partial charge is 0.469 e. The van der Waals surface area contributed by atoms with E-state index in [1.165, 1.54) is 14.2 Å². The first-order chi connectivity index (χ1) is 15.2. The number of carbonyl (C=O) groups excluding carboxylic acids is 3. The van der Waals surface area contributed by atoms with E-state index >= 15 is 0 Å². The second kappa shape index (κ2) is 11.8. The molecule has 0 heterocycles. The summed E-state index contributed by atoms with van der Waals surface area (Å²) in [6.07, 6.45) is 0.0832. The molecule has 32 heavy (non-hydrogen) atoms. The number of methoxy groups -OCH3 is 1. The van der Waals surface area contributed by atoms with Gasteiger partial charge in [0.05, 0.1) is 19.3 Å². The minimum Gasteiger partial charge on any atom is -0.469 e. The predicted octanol–water partition coefficient (Wildman–Crippen LogP) is 1.35. The van der Waals surface area contributed by atoms with E-state index in [0.717, 1.165) is 5.56 Å². The minimum atomic E-state index is -3.34. The van der Waals surface area contributed by atoms with Crippen LogP contribution in [0.2, 0.25) is 0 Å². The van der Waals surface area contributed by atoms with E-state index in [9.17, 15) is 22.8 Å². The number of urea groups is 1. The summed E-state index contributed by atoms with van der Waals surface area (Å²) in [6.45, 7) is 0.422. The summed E-state index contributed by atoms with van der Waals surface area (Å²) < 4.78 is 29.9. The van der Waals surface area contributed by atoms with Gasteiger partial charge in [-0.05, 0) is 42.4 Å². The van der Waals surface area contributed by atoms with Crippen LogP contribution < -0.4 is 20.7 Å². The summed E-state index contributed by atoms with van der Waals surface area (Å²) in [7, 11) is -0.693. The molecule has 0 radical (unpaired) electrons. The molecule has 0 aliphatic rings. The van der Waals surface area contributed by atoms with Crippen LogP contribution in [0.5, 0.6) is 0 Å². The van der Waals surface area contributed by atoms with Crippen LogP contribution in [0.4, 0.5) is 10.5 Å². The summed E-state index contributed by atoms with van der Waals surface area (Å²) in [5.74, 6) is -0.860. The fraction of sp³-hybridized carbons (Fsp3) is 0.286. The number of hydrogen-bond acceptors (Lipinski definition) is 6. The van der Waals surface area contributed by atoms with Gasteiger partial charge in [0.15, 0.2) is 0 Å². The van der Waals surface area contributed by atoms with Crippen molar-refractivity contribution in [2.75, 3.05) is 26.0 Å². The number of ether oxygens (including phenoxy) is 1. The molecule has 11 heteroatoms. The van der Waals surface area contributed by atoms with Crippen molar-refractivity contribution in [1.82, 2.24) is 15.4 Å². The predicted molar refractivity (Wildman–Crippen MR) is 119 cm³/mol. The van der Waals surface area contributed by atoms with Crippen LogP contribution in [-0.4, -0.2) is 47.0 Å². The third-order valence-electron chi connectivity index (χ3n) is 4.39. The third kappa shape index (κ3) is 8.36. The second-order valence-corrected chi connectivity index (χ2v) is 8.67. The van der Waals surface area contributed by atoms with Gasteiger partial charge in [0.25, 0.3) is 5.91 Å². The number of benzene rings is 2. The van der Waals surface area contributed by atoms with Gasteiger partial charge in [0.2, 0.25) is 10.0 Å². The standard InChI is InChI=1S/C21H26N4O6S/c1-22-32(29,30)14-16-5-3-15(4-6-16)13-24-21(28)25-18-9-7-17(8-10-18)20(27)23-12-11-19(26)31-2/h3-10,22H,11-14H2,1-2H3,(H,23,27)(H2,24,25,28). The first-order valence-electron chi connectivity index (χ1n) is 9.71. The topological polar surface area (TPSA) is 143 Å². The highest BCUT2D eigenvalue weighted by Gasteiger charge is 2.09. The zero-order chi connectivity index (χ0) is 23.6. The van der Waals surface area contributed by atoms with Crippen molar-refractivity contribution in [3.63, 3.8) is 0 Å². The maximum Gasteiger partial charge on any atom is 0.319 e.